The Bertz CT molecular complexity index is 523. The molecular formula is C15H14OS. The van der Waals surface area contributed by atoms with E-state index in [1.54, 1.807) is 24.3 Å². The second-order valence-electron chi connectivity index (χ2n) is 3.95. The first-order valence-corrected chi connectivity index (χ1v) is 6.42. The molecule has 1 nitrogen and oxygen atoms in total. The average Bonchev–Trinajstić information content (AvgIpc) is 2.75. The van der Waals surface area contributed by atoms with Gasteiger partial charge < -0.3 is 0 Å². The number of rotatable bonds is 4. The van der Waals surface area contributed by atoms with E-state index in [4.69, 9.17) is 0 Å². The Kier molecular flexibility index (Phi) is 3.89. The molecule has 0 amide bonds. The Morgan fingerprint density at radius 1 is 1.29 bits per heavy atom. The van der Waals surface area contributed by atoms with Crippen molar-refractivity contribution < 1.29 is 4.79 Å². The Balaban J connectivity index is 2.06. The van der Waals surface area contributed by atoms with Crippen molar-refractivity contribution in [1.29, 1.82) is 0 Å². The lowest BCUT2D eigenvalue weighted by atomic mass is 10.1. The van der Waals surface area contributed by atoms with E-state index in [9.17, 15) is 4.79 Å². The standard InChI is InChI=1S/C15H14OS/c1-12(16)7-8-14-10-15(17-11-14)9-13-5-3-2-4-6-13/h2-8,10-11H,9H2,1H3/b8-7+. The van der Waals surface area contributed by atoms with Crippen LogP contribution in [0.4, 0.5) is 0 Å². The molecule has 1 aromatic carbocycles. The van der Waals surface area contributed by atoms with Crippen LogP contribution in [-0.2, 0) is 11.2 Å². The van der Waals surface area contributed by atoms with Crippen molar-refractivity contribution in [2.45, 2.75) is 13.3 Å². The third-order valence-electron chi connectivity index (χ3n) is 2.41. The number of allylic oxidation sites excluding steroid dienone is 1. The predicted molar refractivity (Wildman–Crippen MR) is 73.3 cm³/mol. The van der Waals surface area contributed by atoms with Gasteiger partial charge in [0.1, 0.15) is 0 Å². The lowest BCUT2D eigenvalue weighted by Gasteiger charge is -1.96. The Morgan fingerprint density at radius 2 is 2.06 bits per heavy atom. The monoisotopic (exact) mass is 242 g/mol. The van der Waals surface area contributed by atoms with Gasteiger partial charge in [0.15, 0.2) is 5.78 Å². The molecule has 2 heteroatoms. The van der Waals surface area contributed by atoms with Gasteiger partial charge in [0, 0.05) is 11.3 Å². The summed E-state index contributed by atoms with van der Waals surface area (Å²) in [6.45, 7) is 1.56. The molecule has 0 atom stereocenters. The normalized spacial score (nSPS) is 10.9. The highest BCUT2D eigenvalue weighted by molar-refractivity contribution is 7.10. The molecular weight excluding hydrogens is 228 g/mol. The molecule has 0 fully saturated rings. The largest absolute Gasteiger partial charge is 0.295 e. The summed E-state index contributed by atoms with van der Waals surface area (Å²) in [4.78, 5) is 12.2. The van der Waals surface area contributed by atoms with Crippen molar-refractivity contribution in [2.75, 3.05) is 0 Å². The first kappa shape index (κ1) is 11.8. The molecule has 1 heterocycles. The zero-order valence-corrected chi connectivity index (χ0v) is 10.5. The van der Waals surface area contributed by atoms with Crippen LogP contribution in [0.3, 0.4) is 0 Å². The van der Waals surface area contributed by atoms with Crippen molar-refractivity contribution in [3.05, 3.63) is 63.9 Å². The van der Waals surface area contributed by atoms with Crippen LogP contribution >= 0.6 is 11.3 Å². The summed E-state index contributed by atoms with van der Waals surface area (Å²) >= 11 is 1.73. The van der Waals surface area contributed by atoms with Crippen LogP contribution in [0.1, 0.15) is 22.9 Å². The summed E-state index contributed by atoms with van der Waals surface area (Å²) in [5.74, 6) is 0.0841. The van der Waals surface area contributed by atoms with E-state index in [0.717, 1.165) is 12.0 Å². The van der Waals surface area contributed by atoms with Crippen LogP contribution in [0.15, 0.2) is 47.9 Å². The van der Waals surface area contributed by atoms with Gasteiger partial charge in [-0.3, -0.25) is 4.79 Å². The Labute approximate surface area is 105 Å². The van der Waals surface area contributed by atoms with Crippen LogP contribution in [0.5, 0.6) is 0 Å². The highest BCUT2D eigenvalue weighted by Crippen LogP contribution is 2.19. The number of benzene rings is 1. The molecule has 0 bridgehead atoms. The lowest BCUT2D eigenvalue weighted by Crippen LogP contribution is -1.82. The molecule has 0 saturated carbocycles. The van der Waals surface area contributed by atoms with Gasteiger partial charge in [0.25, 0.3) is 0 Å². The van der Waals surface area contributed by atoms with Crippen molar-refractivity contribution in [3.8, 4) is 0 Å². The van der Waals surface area contributed by atoms with Gasteiger partial charge in [-0.05, 0) is 35.6 Å². The molecule has 17 heavy (non-hydrogen) atoms. The van der Waals surface area contributed by atoms with Crippen LogP contribution in [0, 0.1) is 0 Å². The van der Waals surface area contributed by atoms with Gasteiger partial charge in [0.05, 0.1) is 0 Å². The number of carbonyl (C=O) groups excluding carboxylic acids is 1. The van der Waals surface area contributed by atoms with Gasteiger partial charge in [0.2, 0.25) is 0 Å². The fourth-order valence-corrected chi connectivity index (χ4v) is 2.48. The van der Waals surface area contributed by atoms with E-state index in [2.05, 4.69) is 35.7 Å². The molecule has 0 unspecified atom stereocenters. The van der Waals surface area contributed by atoms with Gasteiger partial charge in [-0.25, -0.2) is 0 Å². The van der Waals surface area contributed by atoms with E-state index in [1.807, 2.05) is 12.1 Å². The minimum atomic E-state index is 0.0841. The summed E-state index contributed by atoms with van der Waals surface area (Å²) in [5, 5.41) is 2.08. The Morgan fingerprint density at radius 3 is 2.76 bits per heavy atom. The summed E-state index contributed by atoms with van der Waals surface area (Å²) in [5.41, 5.74) is 2.42. The average molecular weight is 242 g/mol. The first-order valence-electron chi connectivity index (χ1n) is 5.54. The van der Waals surface area contributed by atoms with Crippen molar-refractivity contribution in [1.82, 2.24) is 0 Å². The molecule has 0 N–H and O–H groups in total. The molecule has 0 radical (unpaired) electrons. The molecule has 2 aromatic rings. The third kappa shape index (κ3) is 3.68. The van der Waals surface area contributed by atoms with Crippen molar-refractivity contribution in [2.24, 2.45) is 0 Å². The molecule has 0 aliphatic heterocycles. The Hall–Kier alpha value is -1.67. The van der Waals surface area contributed by atoms with Gasteiger partial charge in [-0.2, -0.15) is 0 Å². The van der Waals surface area contributed by atoms with Crippen LogP contribution in [-0.4, -0.2) is 5.78 Å². The van der Waals surface area contributed by atoms with Crippen LogP contribution in [0.25, 0.3) is 6.08 Å². The second kappa shape index (κ2) is 5.60. The fourth-order valence-electron chi connectivity index (χ4n) is 1.59. The second-order valence-corrected chi connectivity index (χ2v) is 4.95. The van der Waals surface area contributed by atoms with Crippen molar-refractivity contribution in [3.63, 3.8) is 0 Å². The quantitative estimate of drug-likeness (QED) is 0.742. The maximum Gasteiger partial charge on any atom is 0.152 e. The van der Waals surface area contributed by atoms with Crippen LogP contribution < -0.4 is 0 Å². The molecule has 1 aromatic heterocycles. The van der Waals surface area contributed by atoms with E-state index in [1.165, 1.54) is 10.4 Å². The maximum atomic E-state index is 10.8. The highest BCUT2D eigenvalue weighted by Gasteiger charge is 1.99. The van der Waals surface area contributed by atoms with E-state index < -0.39 is 0 Å². The topological polar surface area (TPSA) is 17.1 Å². The summed E-state index contributed by atoms with van der Waals surface area (Å²) in [6.07, 6.45) is 4.43. The summed E-state index contributed by atoms with van der Waals surface area (Å²) in [6, 6.07) is 12.5. The zero-order valence-electron chi connectivity index (χ0n) is 9.72. The highest BCUT2D eigenvalue weighted by atomic mass is 32.1. The smallest absolute Gasteiger partial charge is 0.152 e. The first-order chi connectivity index (χ1) is 8.24. The SMILES string of the molecule is CC(=O)/C=C/c1csc(Cc2ccccc2)c1. The number of thiophene rings is 1. The molecule has 0 saturated heterocycles. The number of hydrogen-bond donors (Lipinski definition) is 0. The minimum absolute atomic E-state index is 0.0841. The number of carbonyl (C=O) groups is 1. The molecule has 0 spiro atoms. The van der Waals surface area contributed by atoms with E-state index >= 15 is 0 Å². The molecule has 2 rings (SSSR count). The number of hydrogen-bond acceptors (Lipinski definition) is 2. The van der Waals surface area contributed by atoms with Gasteiger partial charge in [-0.1, -0.05) is 36.4 Å². The molecule has 86 valence electrons. The summed E-state index contributed by atoms with van der Waals surface area (Å²) in [7, 11) is 0. The van der Waals surface area contributed by atoms with Crippen molar-refractivity contribution >= 4 is 23.2 Å². The zero-order chi connectivity index (χ0) is 12.1. The predicted octanol–water partition coefficient (Wildman–Crippen LogP) is 3.94. The minimum Gasteiger partial charge on any atom is -0.295 e. The maximum absolute atomic E-state index is 10.8. The third-order valence-corrected chi connectivity index (χ3v) is 3.36. The van der Waals surface area contributed by atoms with Crippen LogP contribution in [0.2, 0.25) is 0 Å². The molecule has 0 aliphatic carbocycles. The lowest BCUT2D eigenvalue weighted by molar-refractivity contribution is -0.112. The summed E-state index contributed by atoms with van der Waals surface area (Å²) < 4.78 is 0. The van der Waals surface area contributed by atoms with E-state index in [0.29, 0.717) is 0 Å². The van der Waals surface area contributed by atoms with Gasteiger partial charge in [-0.15, -0.1) is 11.3 Å². The van der Waals surface area contributed by atoms with E-state index in [-0.39, 0.29) is 5.78 Å². The number of ketones is 1. The van der Waals surface area contributed by atoms with Gasteiger partial charge >= 0.3 is 0 Å². The molecule has 0 aliphatic rings. The fraction of sp³-hybridized carbons (Fsp3) is 0.133.